The SMILES string of the molecule is Cc1ccc2nc(-c3ccc(NC(=O)Cc4cc(-c5ccc6c(c5)OCCO6)on4)cc3)sc2c1. The maximum absolute atomic E-state index is 12.6. The number of nitrogens with zero attached hydrogens (tertiary/aromatic N) is 2. The first-order chi connectivity index (χ1) is 17.1. The first-order valence-corrected chi connectivity index (χ1v) is 12.1. The zero-order chi connectivity index (χ0) is 23.8. The summed E-state index contributed by atoms with van der Waals surface area (Å²) in [4.78, 5) is 17.3. The van der Waals surface area contributed by atoms with Gasteiger partial charge in [0, 0.05) is 22.9 Å². The molecule has 0 radical (unpaired) electrons. The van der Waals surface area contributed by atoms with Crippen LogP contribution >= 0.6 is 11.3 Å². The molecule has 5 aromatic rings. The third-order valence-corrected chi connectivity index (χ3v) is 6.75. The number of rotatable bonds is 5. The zero-order valence-corrected chi connectivity index (χ0v) is 19.7. The van der Waals surface area contributed by atoms with E-state index in [1.807, 2.05) is 48.5 Å². The van der Waals surface area contributed by atoms with Crippen molar-refractivity contribution in [2.75, 3.05) is 18.5 Å². The van der Waals surface area contributed by atoms with Crippen molar-refractivity contribution in [3.63, 3.8) is 0 Å². The predicted octanol–water partition coefficient (Wildman–Crippen LogP) is 5.88. The monoisotopic (exact) mass is 483 g/mol. The summed E-state index contributed by atoms with van der Waals surface area (Å²) in [7, 11) is 0. The molecule has 3 heterocycles. The molecule has 8 heteroatoms. The Morgan fingerprint density at radius 2 is 1.74 bits per heavy atom. The number of ether oxygens (including phenoxy) is 2. The van der Waals surface area contributed by atoms with Gasteiger partial charge in [0.1, 0.15) is 18.2 Å². The second-order valence-corrected chi connectivity index (χ2v) is 9.36. The van der Waals surface area contributed by atoms with Crippen LogP contribution in [-0.2, 0) is 11.2 Å². The van der Waals surface area contributed by atoms with E-state index in [-0.39, 0.29) is 12.3 Å². The van der Waals surface area contributed by atoms with E-state index in [1.165, 1.54) is 10.3 Å². The highest BCUT2D eigenvalue weighted by atomic mass is 32.1. The summed E-state index contributed by atoms with van der Waals surface area (Å²) >= 11 is 1.66. The molecule has 0 fully saturated rings. The average Bonchev–Trinajstić information content (AvgIpc) is 3.51. The normalized spacial score (nSPS) is 12.6. The first-order valence-electron chi connectivity index (χ1n) is 11.2. The Kier molecular flexibility index (Phi) is 5.42. The van der Waals surface area contributed by atoms with Crippen molar-refractivity contribution in [3.8, 4) is 33.4 Å². The van der Waals surface area contributed by atoms with Crippen molar-refractivity contribution in [1.82, 2.24) is 10.1 Å². The van der Waals surface area contributed by atoms with Crippen molar-refractivity contribution < 1.29 is 18.8 Å². The maximum Gasteiger partial charge on any atom is 0.230 e. The van der Waals surface area contributed by atoms with E-state index in [0.29, 0.717) is 41.9 Å². The molecule has 0 atom stereocenters. The second kappa shape index (κ2) is 8.88. The fraction of sp³-hybridized carbons (Fsp3) is 0.148. The first kappa shape index (κ1) is 21.4. The molecular formula is C27H21N3O4S. The number of carbonyl (C=O) groups excluding carboxylic acids is 1. The van der Waals surface area contributed by atoms with Crippen molar-refractivity contribution in [3.05, 3.63) is 78.0 Å². The van der Waals surface area contributed by atoms with Gasteiger partial charge >= 0.3 is 0 Å². The molecule has 0 aliphatic carbocycles. The minimum atomic E-state index is -0.171. The van der Waals surface area contributed by atoms with Gasteiger partial charge in [0.25, 0.3) is 0 Å². The smallest absolute Gasteiger partial charge is 0.230 e. The molecule has 0 saturated carbocycles. The highest BCUT2D eigenvalue weighted by Gasteiger charge is 2.16. The molecule has 7 nitrogen and oxygen atoms in total. The van der Waals surface area contributed by atoms with Crippen LogP contribution in [0.15, 0.2) is 71.3 Å². The van der Waals surface area contributed by atoms with Crippen molar-refractivity contribution in [1.29, 1.82) is 0 Å². The average molecular weight is 484 g/mol. The molecule has 0 saturated heterocycles. The number of thiazole rings is 1. The largest absolute Gasteiger partial charge is 0.486 e. The van der Waals surface area contributed by atoms with Gasteiger partial charge in [0.2, 0.25) is 5.91 Å². The van der Waals surface area contributed by atoms with Crippen LogP contribution in [0.3, 0.4) is 0 Å². The highest BCUT2D eigenvalue weighted by Crippen LogP contribution is 2.35. The minimum absolute atomic E-state index is 0.104. The van der Waals surface area contributed by atoms with Crippen LogP contribution in [0.5, 0.6) is 11.5 Å². The molecule has 1 aliphatic rings. The number of carbonyl (C=O) groups is 1. The fourth-order valence-corrected chi connectivity index (χ4v) is 5.02. The van der Waals surface area contributed by atoms with Crippen LogP contribution < -0.4 is 14.8 Å². The highest BCUT2D eigenvalue weighted by molar-refractivity contribution is 7.21. The molecule has 0 spiro atoms. The summed E-state index contributed by atoms with van der Waals surface area (Å²) in [5.41, 5.74) is 5.31. The lowest BCUT2D eigenvalue weighted by molar-refractivity contribution is -0.115. The summed E-state index contributed by atoms with van der Waals surface area (Å²) < 4.78 is 17.8. The molecule has 1 amide bonds. The van der Waals surface area contributed by atoms with Gasteiger partial charge in [-0.1, -0.05) is 11.2 Å². The standard InChI is InChI=1S/C27H21N3O4S/c1-16-2-8-21-25(12-16)35-27(29-21)17-3-6-19(7-4-17)28-26(31)15-20-14-23(34-30-20)18-5-9-22-24(13-18)33-11-10-32-22/h2-9,12-14H,10-11,15H2,1H3,(H,28,31). The van der Waals surface area contributed by atoms with E-state index in [4.69, 9.17) is 19.0 Å². The van der Waals surface area contributed by atoms with Gasteiger partial charge in [-0.25, -0.2) is 4.98 Å². The maximum atomic E-state index is 12.6. The lowest BCUT2D eigenvalue weighted by atomic mass is 10.1. The molecule has 3 aromatic carbocycles. The van der Waals surface area contributed by atoms with E-state index < -0.39 is 0 Å². The van der Waals surface area contributed by atoms with E-state index in [2.05, 4.69) is 29.5 Å². The number of hydrogen-bond acceptors (Lipinski definition) is 7. The number of benzene rings is 3. The van der Waals surface area contributed by atoms with Crippen LogP contribution in [0.2, 0.25) is 0 Å². The minimum Gasteiger partial charge on any atom is -0.486 e. The molecule has 6 rings (SSSR count). The number of hydrogen-bond donors (Lipinski definition) is 1. The van der Waals surface area contributed by atoms with Gasteiger partial charge in [-0.2, -0.15) is 0 Å². The molecule has 35 heavy (non-hydrogen) atoms. The van der Waals surface area contributed by atoms with Crippen LogP contribution in [0.4, 0.5) is 5.69 Å². The molecule has 2 aromatic heterocycles. The Balaban J connectivity index is 1.11. The van der Waals surface area contributed by atoms with Gasteiger partial charge in [-0.15, -0.1) is 11.3 Å². The van der Waals surface area contributed by atoms with Crippen LogP contribution in [-0.4, -0.2) is 29.3 Å². The van der Waals surface area contributed by atoms with Crippen LogP contribution in [0.1, 0.15) is 11.3 Å². The third-order valence-electron chi connectivity index (χ3n) is 5.69. The molecule has 1 aliphatic heterocycles. The predicted molar refractivity (Wildman–Crippen MR) is 135 cm³/mol. The van der Waals surface area contributed by atoms with Gasteiger partial charge < -0.3 is 19.3 Å². The molecule has 0 unspecified atom stereocenters. The van der Waals surface area contributed by atoms with E-state index in [1.54, 1.807) is 17.4 Å². The number of nitrogens with one attached hydrogen (secondary N) is 1. The number of fused-ring (bicyclic) bond motifs is 2. The Bertz CT molecular complexity index is 1540. The number of amides is 1. The zero-order valence-electron chi connectivity index (χ0n) is 18.9. The van der Waals surface area contributed by atoms with Gasteiger partial charge in [-0.05, 0) is 67.1 Å². The Hall–Kier alpha value is -4.17. The van der Waals surface area contributed by atoms with E-state index >= 15 is 0 Å². The van der Waals surface area contributed by atoms with Crippen LogP contribution in [0.25, 0.3) is 32.1 Å². The Morgan fingerprint density at radius 3 is 2.60 bits per heavy atom. The summed E-state index contributed by atoms with van der Waals surface area (Å²) in [5, 5.41) is 7.93. The topological polar surface area (TPSA) is 86.5 Å². The summed E-state index contributed by atoms with van der Waals surface area (Å²) in [6.45, 7) is 3.13. The third kappa shape index (κ3) is 4.48. The van der Waals surface area contributed by atoms with Gasteiger partial charge in [-0.3, -0.25) is 4.79 Å². The van der Waals surface area contributed by atoms with Crippen molar-refractivity contribution in [2.45, 2.75) is 13.3 Å². The fourth-order valence-electron chi connectivity index (χ4n) is 3.95. The van der Waals surface area contributed by atoms with Crippen LogP contribution in [0, 0.1) is 6.92 Å². The number of aromatic nitrogens is 2. The lowest BCUT2D eigenvalue weighted by Crippen LogP contribution is -2.15. The summed E-state index contributed by atoms with van der Waals surface area (Å²) in [6, 6.07) is 21.3. The molecule has 174 valence electrons. The van der Waals surface area contributed by atoms with Gasteiger partial charge in [0.05, 0.1) is 22.3 Å². The second-order valence-electron chi connectivity index (χ2n) is 8.33. The Morgan fingerprint density at radius 1 is 0.943 bits per heavy atom. The Labute approximate surface area is 205 Å². The van der Waals surface area contributed by atoms with E-state index in [9.17, 15) is 4.79 Å². The number of aryl methyl sites for hydroxylation is 1. The lowest BCUT2D eigenvalue weighted by Gasteiger charge is -2.18. The summed E-state index contributed by atoms with van der Waals surface area (Å²) in [5.74, 6) is 1.78. The van der Waals surface area contributed by atoms with Gasteiger partial charge in [0.15, 0.2) is 17.3 Å². The number of anilines is 1. The van der Waals surface area contributed by atoms with Crippen molar-refractivity contribution >= 4 is 33.1 Å². The van der Waals surface area contributed by atoms with Crippen molar-refractivity contribution in [2.24, 2.45) is 0 Å². The van der Waals surface area contributed by atoms with E-state index in [0.717, 1.165) is 21.7 Å². The summed E-state index contributed by atoms with van der Waals surface area (Å²) in [6.07, 6.45) is 0.104. The quantitative estimate of drug-likeness (QED) is 0.336. The molecular weight excluding hydrogens is 462 g/mol. The molecule has 1 N–H and O–H groups in total. The molecule has 0 bridgehead atoms.